The Hall–Kier alpha value is -6.42. The van der Waals surface area contributed by atoms with E-state index in [0.717, 1.165) is 22.7 Å². The summed E-state index contributed by atoms with van der Waals surface area (Å²) in [5.74, 6) is 0. The number of aromatic nitrogens is 1. The van der Waals surface area contributed by atoms with Crippen LogP contribution >= 0.6 is 11.3 Å². The Morgan fingerprint density at radius 2 is 1.07 bits per heavy atom. The fraction of sp³-hybridized carbons (Fsp3) is 0.0588. The normalized spacial score (nSPS) is 13.1. The predicted octanol–water partition coefficient (Wildman–Crippen LogP) is 14.6. The van der Waals surface area contributed by atoms with Gasteiger partial charge in [-0.1, -0.05) is 135 Å². The molecule has 0 saturated carbocycles. The average Bonchev–Trinajstić information content (AvgIpc) is 3.85. The second-order valence-electron chi connectivity index (χ2n) is 14.9. The van der Waals surface area contributed by atoms with Gasteiger partial charge in [0.1, 0.15) is 0 Å². The minimum atomic E-state index is -0.135. The highest BCUT2D eigenvalue weighted by Gasteiger charge is 2.36. The maximum Gasteiger partial charge on any atom is 0.0562 e. The van der Waals surface area contributed by atoms with Crippen molar-refractivity contribution in [3.05, 3.63) is 193 Å². The van der Waals surface area contributed by atoms with Crippen LogP contribution in [0.5, 0.6) is 0 Å². The van der Waals surface area contributed by atoms with Crippen LogP contribution in [0.25, 0.3) is 69.9 Å². The van der Waals surface area contributed by atoms with Crippen LogP contribution in [0.4, 0.5) is 17.1 Å². The third-order valence-corrected chi connectivity index (χ3v) is 12.7. The third-order valence-electron chi connectivity index (χ3n) is 11.6. The zero-order valence-electron chi connectivity index (χ0n) is 30.1. The molecule has 0 spiro atoms. The van der Waals surface area contributed by atoms with Crippen LogP contribution in [0.1, 0.15) is 25.0 Å². The van der Waals surface area contributed by atoms with Crippen LogP contribution in [0.2, 0.25) is 0 Å². The number of benzene rings is 8. The fourth-order valence-corrected chi connectivity index (χ4v) is 10.3. The second kappa shape index (κ2) is 11.8. The summed E-state index contributed by atoms with van der Waals surface area (Å²) in [7, 11) is 0. The quantitative estimate of drug-likeness (QED) is 0.173. The van der Waals surface area contributed by atoms with Crippen LogP contribution < -0.4 is 4.90 Å². The van der Waals surface area contributed by atoms with Gasteiger partial charge < -0.3 is 9.47 Å². The van der Waals surface area contributed by atoms with E-state index in [-0.39, 0.29) is 5.41 Å². The van der Waals surface area contributed by atoms with E-state index in [0.29, 0.717) is 0 Å². The summed E-state index contributed by atoms with van der Waals surface area (Å²) in [5, 5.41) is 5.08. The largest absolute Gasteiger partial charge is 0.309 e. The molecule has 256 valence electrons. The molecule has 2 nitrogen and oxygen atoms in total. The minimum absolute atomic E-state index is 0.135. The third kappa shape index (κ3) is 4.46. The molecule has 3 heteroatoms. The summed E-state index contributed by atoms with van der Waals surface area (Å²) >= 11 is 1.87. The molecule has 0 fully saturated rings. The number of anilines is 3. The zero-order chi connectivity index (χ0) is 36.0. The van der Waals surface area contributed by atoms with E-state index >= 15 is 0 Å². The molecule has 0 amide bonds. The molecule has 10 aromatic rings. The van der Waals surface area contributed by atoms with Gasteiger partial charge in [-0.15, -0.1) is 11.3 Å². The highest BCUT2D eigenvalue weighted by atomic mass is 32.1. The van der Waals surface area contributed by atoms with Crippen molar-refractivity contribution in [1.82, 2.24) is 4.57 Å². The second-order valence-corrected chi connectivity index (χ2v) is 16.0. The molecule has 1 aliphatic rings. The van der Waals surface area contributed by atoms with E-state index < -0.39 is 0 Å². The van der Waals surface area contributed by atoms with Crippen molar-refractivity contribution in [3.8, 4) is 27.9 Å². The molecule has 8 aromatic carbocycles. The molecular weight excluding hydrogens is 673 g/mol. The summed E-state index contributed by atoms with van der Waals surface area (Å²) in [4.78, 5) is 2.53. The Morgan fingerprint density at radius 3 is 1.96 bits per heavy atom. The lowest BCUT2D eigenvalue weighted by Gasteiger charge is -2.30. The van der Waals surface area contributed by atoms with Gasteiger partial charge in [-0.05, 0) is 88.5 Å². The fourth-order valence-electron chi connectivity index (χ4n) is 9.18. The monoisotopic (exact) mass is 708 g/mol. The number of nitrogens with zero attached hydrogens (tertiary/aromatic N) is 2. The first-order valence-corrected chi connectivity index (χ1v) is 19.5. The summed E-state index contributed by atoms with van der Waals surface area (Å²) in [5.41, 5.74) is 14.7. The van der Waals surface area contributed by atoms with Gasteiger partial charge >= 0.3 is 0 Å². The number of rotatable bonds is 5. The van der Waals surface area contributed by atoms with Gasteiger partial charge in [0.25, 0.3) is 0 Å². The number of para-hydroxylation sites is 3. The zero-order valence-corrected chi connectivity index (χ0v) is 30.9. The average molecular weight is 709 g/mol. The molecule has 0 atom stereocenters. The molecule has 0 saturated heterocycles. The SMILES string of the molecule is CC1(C)c2ccccc2-c2ccc(N(c3ccccc3-c3cccc4sc5ccccc5c34)c3cccc4c3c3ccccc3n4-c3ccccc3)cc21. The molecule has 0 N–H and O–H groups in total. The van der Waals surface area contributed by atoms with Gasteiger partial charge in [-0.2, -0.15) is 0 Å². The van der Waals surface area contributed by atoms with E-state index in [1.165, 1.54) is 75.4 Å². The number of hydrogen-bond donors (Lipinski definition) is 0. The Morgan fingerprint density at radius 1 is 0.444 bits per heavy atom. The first-order chi connectivity index (χ1) is 26.6. The topological polar surface area (TPSA) is 8.17 Å². The highest BCUT2D eigenvalue weighted by molar-refractivity contribution is 7.25. The first kappa shape index (κ1) is 31.1. The van der Waals surface area contributed by atoms with E-state index in [1.54, 1.807) is 0 Å². The summed E-state index contributed by atoms with van der Waals surface area (Å²) in [6.07, 6.45) is 0. The van der Waals surface area contributed by atoms with Crippen molar-refractivity contribution in [3.63, 3.8) is 0 Å². The molecular formula is C51H36N2S. The maximum atomic E-state index is 2.53. The van der Waals surface area contributed by atoms with Crippen LogP contribution in [0.15, 0.2) is 182 Å². The van der Waals surface area contributed by atoms with Gasteiger partial charge in [-0.25, -0.2) is 0 Å². The first-order valence-electron chi connectivity index (χ1n) is 18.7. The summed E-state index contributed by atoms with van der Waals surface area (Å²) in [6.45, 7) is 4.74. The lowest BCUT2D eigenvalue weighted by Crippen LogP contribution is -2.17. The number of fused-ring (bicyclic) bond motifs is 9. The molecule has 2 heterocycles. The summed E-state index contributed by atoms with van der Waals surface area (Å²) < 4.78 is 5.03. The van der Waals surface area contributed by atoms with E-state index in [2.05, 4.69) is 205 Å². The van der Waals surface area contributed by atoms with Crippen molar-refractivity contribution < 1.29 is 0 Å². The van der Waals surface area contributed by atoms with Gasteiger partial charge in [0, 0.05) is 53.3 Å². The molecule has 11 rings (SSSR count). The summed E-state index contributed by atoms with van der Waals surface area (Å²) in [6, 6.07) is 67.1. The predicted molar refractivity (Wildman–Crippen MR) is 231 cm³/mol. The molecule has 0 bridgehead atoms. The van der Waals surface area contributed by atoms with Gasteiger partial charge in [0.2, 0.25) is 0 Å². The van der Waals surface area contributed by atoms with Crippen molar-refractivity contribution >= 4 is 70.4 Å². The van der Waals surface area contributed by atoms with E-state index in [4.69, 9.17) is 0 Å². The van der Waals surface area contributed by atoms with Crippen molar-refractivity contribution in [1.29, 1.82) is 0 Å². The lowest BCUT2D eigenvalue weighted by atomic mass is 9.82. The minimum Gasteiger partial charge on any atom is -0.309 e. The molecule has 0 radical (unpaired) electrons. The van der Waals surface area contributed by atoms with Crippen LogP contribution in [0.3, 0.4) is 0 Å². The molecule has 0 unspecified atom stereocenters. The van der Waals surface area contributed by atoms with Crippen molar-refractivity contribution in [2.24, 2.45) is 0 Å². The van der Waals surface area contributed by atoms with Gasteiger partial charge in [-0.3, -0.25) is 0 Å². The van der Waals surface area contributed by atoms with Crippen LogP contribution in [0, 0.1) is 0 Å². The number of hydrogen-bond acceptors (Lipinski definition) is 2. The Balaban J connectivity index is 1.24. The van der Waals surface area contributed by atoms with Crippen LogP contribution in [-0.4, -0.2) is 4.57 Å². The van der Waals surface area contributed by atoms with E-state index in [9.17, 15) is 0 Å². The van der Waals surface area contributed by atoms with Crippen LogP contribution in [-0.2, 0) is 5.41 Å². The molecule has 0 aliphatic heterocycles. The molecule has 54 heavy (non-hydrogen) atoms. The Kier molecular flexibility index (Phi) is 6.80. The van der Waals surface area contributed by atoms with Crippen molar-refractivity contribution in [2.75, 3.05) is 4.90 Å². The molecule has 1 aliphatic carbocycles. The lowest BCUT2D eigenvalue weighted by molar-refractivity contribution is 0.660. The Labute approximate surface area is 318 Å². The van der Waals surface area contributed by atoms with E-state index in [1.807, 2.05) is 11.3 Å². The smallest absolute Gasteiger partial charge is 0.0562 e. The number of thiophene rings is 1. The highest BCUT2D eigenvalue weighted by Crippen LogP contribution is 2.53. The van der Waals surface area contributed by atoms with Gasteiger partial charge in [0.05, 0.1) is 22.4 Å². The van der Waals surface area contributed by atoms with Crippen molar-refractivity contribution in [2.45, 2.75) is 19.3 Å². The molecule has 2 aromatic heterocycles. The maximum absolute atomic E-state index is 2.53. The Bertz CT molecular complexity index is 3090. The standard InChI is InChI=1S/C51H36N2S/c1-51(2)41-23-10-6-18-35(41)36-31-30-34(32-42(36)51)53(43-24-11-7-19-37(43)38-22-14-29-48-49(38)40-21-9-13-28-47(40)54-48)46-27-15-26-45-50(46)39-20-8-12-25-44(39)52(45)33-16-4-3-5-17-33/h3-32H,1-2H3. The van der Waals surface area contributed by atoms with Gasteiger partial charge in [0.15, 0.2) is 0 Å².